The molecule has 0 radical (unpaired) electrons. The van der Waals surface area contributed by atoms with Crippen LogP contribution in [0.3, 0.4) is 0 Å². The van der Waals surface area contributed by atoms with Crippen LogP contribution in [0.25, 0.3) is 0 Å². The molecule has 0 aliphatic carbocycles. The summed E-state index contributed by atoms with van der Waals surface area (Å²) >= 11 is 0. The number of pyridine rings is 1. The van der Waals surface area contributed by atoms with E-state index in [1.807, 2.05) is 19.2 Å². The molecule has 100 valence electrons. The highest BCUT2D eigenvalue weighted by Gasteiger charge is 2.23. The van der Waals surface area contributed by atoms with Crippen molar-refractivity contribution < 1.29 is 0 Å². The molecule has 1 aliphatic rings. The molecule has 1 aliphatic heterocycles. The van der Waals surface area contributed by atoms with E-state index in [2.05, 4.69) is 28.8 Å². The zero-order valence-corrected chi connectivity index (χ0v) is 11.7. The molecule has 1 saturated heterocycles. The average Bonchev–Trinajstić information content (AvgIpc) is 2.38. The van der Waals surface area contributed by atoms with Crippen molar-refractivity contribution in [2.24, 2.45) is 0 Å². The van der Waals surface area contributed by atoms with Gasteiger partial charge in [-0.05, 0) is 37.9 Å². The molecule has 18 heavy (non-hydrogen) atoms. The van der Waals surface area contributed by atoms with E-state index in [0.717, 1.165) is 23.6 Å². The Morgan fingerprint density at radius 3 is 2.67 bits per heavy atom. The van der Waals surface area contributed by atoms with Crippen molar-refractivity contribution in [2.75, 3.05) is 37.3 Å². The first-order valence-electron chi connectivity index (χ1n) is 6.79. The second-order valence-electron chi connectivity index (χ2n) is 5.20. The number of likely N-dealkylation sites (tertiary alicyclic amines) is 1. The van der Waals surface area contributed by atoms with Gasteiger partial charge in [0, 0.05) is 32.4 Å². The van der Waals surface area contributed by atoms with Crippen LogP contribution < -0.4 is 10.6 Å². The summed E-state index contributed by atoms with van der Waals surface area (Å²) in [6.07, 6.45) is 4.28. The first kappa shape index (κ1) is 13.1. The van der Waals surface area contributed by atoms with Crippen molar-refractivity contribution in [3.8, 4) is 0 Å². The maximum Gasteiger partial charge on any atom is 0.151 e. The second-order valence-corrected chi connectivity index (χ2v) is 5.20. The lowest BCUT2D eigenvalue weighted by molar-refractivity contribution is 0.220. The van der Waals surface area contributed by atoms with Gasteiger partial charge in [-0.2, -0.15) is 0 Å². The van der Waals surface area contributed by atoms with E-state index in [-0.39, 0.29) is 0 Å². The maximum absolute atomic E-state index is 6.07. The smallest absolute Gasteiger partial charge is 0.151 e. The highest BCUT2D eigenvalue weighted by Crippen LogP contribution is 2.25. The van der Waals surface area contributed by atoms with Crippen LogP contribution in [0.4, 0.5) is 11.5 Å². The number of anilines is 2. The monoisotopic (exact) mass is 248 g/mol. The van der Waals surface area contributed by atoms with E-state index in [1.165, 1.54) is 25.9 Å². The van der Waals surface area contributed by atoms with Gasteiger partial charge in [0.25, 0.3) is 0 Å². The van der Waals surface area contributed by atoms with Crippen LogP contribution >= 0.6 is 0 Å². The second kappa shape index (κ2) is 5.57. The summed E-state index contributed by atoms with van der Waals surface area (Å²) in [6.45, 7) is 7.76. The Balaban J connectivity index is 2.05. The van der Waals surface area contributed by atoms with Crippen LogP contribution in [0.15, 0.2) is 12.3 Å². The molecule has 4 nitrogen and oxygen atoms in total. The van der Waals surface area contributed by atoms with Crippen molar-refractivity contribution in [1.29, 1.82) is 0 Å². The zero-order valence-electron chi connectivity index (χ0n) is 11.7. The summed E-state index contributed by atoms with van der Waals surface area (Å²) < 4.78 is 0. The number of aryl methyl sites for hydroxylation is 1. The number of piperidine rings is 1. The number of hydrogen-bond acceptors (Lipinski definition) is 4. The van der Waals surface area contributed by atoms with E-state index in [1.54, 1.807) is 0 Å². The van der Waals surface area contributed by atoms with Gasteiger partial charge in [-0.25, -0.2) is 4.98 Å². The van der Waals surface area contributed by atoms with E-state index < -0.39 is 0 Å². The molecule has 1 aromatic heterocycles. The van der Waals surface area contributed by atoms with Gasteiger partial charge in [0.15, 0.2) is 5.82 Å². The van der Waals surface area contributed by atoms with Gasteiger partial charge in [0.05, 0.1) is 5.69 Å². The van der Waals surface area contributed by atoms with Crippen LogP contribution in [0.1, 0.15) is 25.3 Å². The van der Waals surface area contributed by atoms with E-state index in [9.17, 15) is 0 Å². The lowest BCUT2D eigenvalue weighted by atomic mass is 10.0. The standard InChI is InChI=1S/C14H24N4/c1-4-18-7-5-12(6-8-18)17(3)14-13(15)9-11(2)10-16-14/h9-10,12H,4-8,15H2,1-3H3. The molecule has 0 bridgehead atoms. The molecule has 2 N–H and O–H groups in total. The van der Waals surface area contributed by atoms with Crippen LogP contribution in [-0.4, -0.2) is 42.6 Å². The van der Waals surface area contributed by atoms with E-state index in [0.29, 0.717) is 6.04 Å². The number of aromatic nitrogens is 1. The fraction of sp³-hybridized carbons (Fsp3) is 0.643. The van der Waals surface area contributed by atoms with Gasteiger partial charge in [-0.15, -0.1) is 0 Å². The molecule has 2 rings (SSSR count). The van der Waals surface area contributed by atoms with E-state index >= 15 is 0 Å². The van der Waals surface area contributed by atoms with Crippen molar-refractivity contribution in [3.63, 3.8) is 0 Å². The first-order valence-corrected chi connectivity index (χ1v) is 6.79. The van der Waals surface area contributed by atoms with Crippen LogP contribution in [0.2, 0.25) is 0 Å². The molecule has 2 heterocycles. The lowest BCUT2D eigenvalue weighted by Gasteiger charge is -2.37. The summed E-state index contributed by atoms with van der Waals surface area (Å²) in [5, 5.41) is 0. The molecule has 0 amide bonds. The summed E-state index contributed by atoms with van der Waals surface area (Å²) in [5.74, 6) is 0.926. The molecule has 1 aromatic rings. The Morgan fingerprint density at radius 1 is 1.44 bits per heavy atom. The van der Waals surface area contributed by atoms with Gasteiger partial charge >= 0.3 is 0 Å². The highest BCUT2D eigenvalue weighted by atomic mass is 15.2. The Morgan fingerprint density at radius 2 is 2.11 bits per heavy atom. The molecular formula is C14H24N4. The van der Waals surface area contributed by atoms with Crippen molar-refractivity contribution in [3.05, 3.63) is 17.8 Å². The minimum atomic E-state index is 0.560. The average molecular weight is 248 g/mol. The zero-order chi connectivity index (χ0) is 13.1. The third-order valence-electron chi connectivity index (χ3n) is 3.92. The predicted molar refractivity (Wildman–Crippen MR) is 76.9 cm³/mol. The van der Waals surface area contributed by atoms with Crippen LogP contribution in [-0.2, 0) is 0 Å². The van der Waals surface area contributed by atoms with Gasteiger partial charge in [0.2, 0.25) is 0 Å². The lowest BCUT2D eigenvalue weighted by Crippen LogP contribution is -2.43. The fourth-order valence-corrected chi connectivity index (χ4v) is 2.68. The predicted octanol–water partition coefficient (Wildman–Crippen LogP) is 1.89. The first-order chi connectivity index (χ1) is 8.61. The molecule has 4 heteroatoms. The Hall–Kier alpha value is -1.29. The van der Waals surface area contributed by atoms with Gasteiger partial charge in [-0.3, -0.25) is 0 Å². The molecule has 0 unspecified atom stereocenters. The fourth-order valence-electron chi connectivity index (χ4n) is 2.68. The van der Waals surface area contributed by atoms with Crippen LogP contribution in [0.5, 0.6) is 0 Å². The van der Waals surface area contributed by atoms with Crippen molar-refractivity contribution >= 4 is 11.5 Å². The minimum absolute atomic E-state index is 0.560. The molecule has 0 aromatic carbocycles. The molecule has 1 fully saturated rings. The summed E-state index contributed by atoms with van der Waals surface area (Å²) in [4.78, 5) is 9.23. The number of nitrogen functional groups attached to an aromatic ring is 1. The van der Waals surface area contributed by atoms with Gasteiger partial charge < -0.3 is 15.5 Å². The summed E-state index contributed by atoms with van der Waals surface area (Å²) in [6, 6.07) is 2.56. The number of nitrogens with two attached hydrogens (primary N) is 1. The molecule has 0 spiro atoms. The Kier molecular flexibility index (Phi) is 4.07. The molecule has 0 saturated carbocycles. The Labute approximate surface area is 110 Å². The highest BCUT2D eigenvalue weighted by molar-refractivity contribution is 5.63. The third-order valence-corrected chi connectivity index (χ3v) is 3.92. The normalized spacial score (nSPS) is 17.9. The van der Waals surface area contributed by atoms with E-state index in [4.69, 9.17) is 5.73 Å². The van der Waals surface area contributed by atoms with Crippen molar-refractivity contribution in [1.82, 2.24) is 9.88 Å². The van der Waals surface area contributed by atoms with Gasteiger partial charge in [0.1, 0.15) is 0 Å². The largest absolute Gasteiger partial charge is 0.396 e. The molecular weight excluding hydrogens is 224 g/mol. The summed E-state index contributed by atoms with van der Waals surface area (Å²) in [5.41, 5.74) is 7.97. The number of rotatable bonds is 3. The Bertz CT molecular complexity index is 397. The minimum Gasteiger partial charge on any atom is -0.396 e. The quantitative estimate of drug-likeness (QED) is 0.887. The van der Waals surface area contributed by atoms with Gasteiger partial charge in [-0.1, -0.05) is 6.92 Å². The number of nitrogens with zero attached hydrogens (tertiary/aromatic N) is 3. The SMILES string of the molecule is CCN1CCC(N(C)c2ncc(C)cc2N)CC1. The summed E-state index contributed by atoms with van der Waals surface area (Å²) in [7, 11) is 2.11. The van der Waals surface area contributed by atoms with Crippen LogP contribution in [0, 0.1) is 6.92 Å². The van der Waals surface area contributed by atoms with Crippen molar-refractivity contribution in [2.45, 2.75) is 32.7 Å². The maximum atomic E-state index is 6.07. The number of hydrogen-bond donors (Lipinski definition) is 1. The topological polar surface area (TPSA) is 45.4 Å². The molecule has 0 atom stereocenters. The third kappa shape index (κ3) is 2.75.